The Balaban J connectivity index is 1.42. The van der Waals surface area contributed by atoms with E-state index in [1.165, 1.54) is 25.8 Å². The van der Waals surface area contributed by atoms with Crippen molar-refractivity contribution in [3.63, 3.8) is 0 Å². The second-order valence-electron chi connectivity index (χ2n) is 12.7. The lowest BCUT2D eigenvalue weighted by Gasteiger charge is -2.55. The van der Waals surface area contributed by atoms with Gasteiger partial charge in [-0.25, -0.2) is 4.79 Å². The first-order chi connectivity index (χ1) is 23.0. The third kappa shape index (κ3) is 5.19. The molecule has 6 heterocycles. The highest BCUT2D eigenvalue weighted by Gasteiger charge is 2.57. The number of methoxy groups -OCH3 is 1. The van der Waals surface area contributed by atoms with E-state index in [1.54, 1.807) is 6.92 Å². The number of piperazine rings is 1. The summed E-state index contributed by atoms with van der Waals surface area (Å²) < 4.78 is 29.6. The third-order valence-corrected chi connectivity index (χ3v) is 11.2. The number of carboxylic acid groups (broad SMARTS) is 1. The van der Waals surface area contributed by atoms with Gasteiger partial charge in [0.1, 0.15) is 18.4 Å². The van der Waals surface area contributed by atoms with Crippen LogP contribution in [0.3, 0.4) is 0 Å². The van der Waals surface area contributed by atoms with Crippen LogP contribution in [0.15, 0.2) is 6.07 Å². The molecular weight excluding hydrogens is 646 g/mol. The van der Waals surface area contributed by atoms with Gasteiger partial charge in [-0.05, 0) is 31.4 Å². The lowest BCUT2D eigenvalue weighted by atomic mass is 9.79. The average Bonchev–Trinajstić information content (AvgIpc) is 3.40. The zero-order valence-electron chi connectivity index (χ0n) is 26.9. The van der Waals surface area contributed by atoms with Crippen molar-refractivity contribution in [1.82, 2.24) is 15.5 Å². The van der Waals surface area contributed by atoms with Crippen LogP contribution in [0.25, 0.3) is 0 Å². The van der Waals surface area contributed by atoms with Crippen LogP contribution >= 0.6 is 11.8 Å². The highest BCUT2D eigenvalue weighted by atomic mass is 32.2. The molecule has 1 amide bonds. The van der Waals surface area contributed by atoms with Crippen LogP contribution in [0.4, 0.5) is 0 Å². The van der Waals surface area contributed by atoms with Gasteiger partial charge >= 0.3 is 17.9 Å². The number of hydrogen-bond acceptors (Lipinski definition) is 13. The summed E-state index contributed by atoms with van der Waals surface area (Å²) in [4.78, 5) is 52.3. The highest BCUT2D eigenvalue weighted by molar-refractivity contribution is 7.99. The zero-order valence-corrected chi connectivity index (χ0v) is 27.7. The van der Waals surface area contributed by atoms with E-state index in [4.69, 9.17) is 28.8 Å². The number of nitrogens with one attached hydrogen (secondary N) is 2. The lowest BCUT2D eigenvalue weighted by molar-refractivity contribution is -0.150. The van der Waals surface area contributed by atoms with Crippen LogP contribution in [-0.4, -0.2) is 89.9 Å². The Hall–Kier alpha value is -4.21. The quantitative estimate of drug-likeness (QED) is 0.257. The van der Waals surface area contributed by atoms with Gasteiger partial charge in [0.2, 0.25) is 12.7 Å². The summed E-state index contributed by atoms with van der Waals surface area (Å²) in [7, 11) is 1.52. The van der Waals surface area contributed by atoms with Gasteiger partial charge in [-0.2, -0.15) is 0 Å². The fourth-order valence-corrected chi connectivity index (χ4v) is 9.54. The Morgan fingerprint density at radius 2 is 1.88 bits per heavy atom. The molecule has 0 radical (unpaired) electrons. The fraction of sp³-hybridized carbons (Fsp3) is 0.515. The average molecular weight is 684 g/mol. The number of fused-ring (bicyclic) bond motifs is 6. The lowest BCUT2D eigenvalue weighted by Crippen LogP contribution is -2.63. The molecule has 6 aliphatic rings. The van der Waals surface area contributed by atoms with Crippen LogP contribution in [0.1, 0.15) is 70.5 Å². The molecule has 256 valence electrons. The molecule has 4 N–H and O–H groups in total. The number of benzene rings is 2. The summed E-state index contributed by atoms with van der Waals surface area (Å²) in [5, 5.41) is 26.6. The van der Waals surface area contributed by atoms with Crippen LogP contribution < -0.4 is 29.6 Å². The Morgan fingerprint density at radius 1 is 1.10 bits per heavy atom. The summed E-state index contributed by atoms with van der Waals surface area (Å²) in [6.07, 6.45) is -0.0800. The number of carbonyl (C=O) groups is 4. The van der Waals surface area contributed by atoms with E-state index >= 15 is 0 Å². The van der Waals surface area contributed by atoms with Crippen molar-refractivity contribution in [2.24, 2.45) is 0 Å². The van der Waals surface area contributed by atoms with E-state index in [9.17, 15) is 24.3 Å². The van der Waals surface area contributed by atoms with Crippen molar-refractivity contribution in [3.8, 4) is 28.7 Å². The Morgan fingerprint density at radius 3 is 2.60 bits per heavy atom. The van der Waals surface area contributed by atoms with Gasteiger partial charge < -0.3 is 44.5 Å². The summed E-state index contributed by atoms with van der Waals surface area (Å²) >= 11 is 1.39. The molecule has 2 saturated heterocycles. The summed E-state index contributed by atoms with van der Waals surface area (Å²) in [6, 6.07) is -0.475. The van der Waals surface area contributed by atoms with Gasteiger partial charge in [-0.15, -0.1) is 11.8 Å². The molecule has 14 nitrogen and oxygen atoms in total. The number of amides is 1. The number of aryl methyl sites for hydroxylation is 1. The number of hydrogen-bond donors (Lipinski definition) is 4. The predicted molar refractivity (Wildman–Crippen MR) is 170 cm³/mol. The normalized spacial score (nSPS) is 27.9. The Kier molecular flexibility index (Phi) is 8.32. The van der Waals surface area contributed by atoms with Gasteiger partial charge in [-0.3, -0.25) is 19.3 Å². The molecule has 0 saturated carbocycles. The number of nitrogens with zero attached hydrogens (tertiary/aromatic N) is 1. The minimum atomic E-state index is -1.12. The SMILES string of the molecule is COc1c(C)cc2c(c1O)[C@H]1NCC(C2)N2C1[C@@H]1SC[C@H](NC(=O)CCC(=O)O)C(=O)OC[C@H]2c2c3c(c(C)c(OC(C)=O)c21)OCO3. The van der Waals surface area contributed by atoms with E-state index in [1.807, 2.05) is 13.0 Å². The topological polar surface area (TPSA) is 182 Å². The number of phenols is 1. The number of carbonyl (C=O) groups excluding carboxylic acids is 3. The molecule has 15 heteroatoms. The molecule has 4 bridgehead atoms. The Labute approximate surface area is 280 Å². The molecule has 2 fully saturated rings. The first kappa shape index (κ1) is 32.3. The van der Waals surface area contributed by atoms with Crippen molar-refractivity contribution >= 4 is 35.6 Å². The molecular formula is C33H37N3O11S. The first-order valence-corrected chi connectivity index (χ1v) is 16.9. The number of aliphatic carboxylic acids is 1. The monoisotopic (exact) mass is 683 g/mol. The van der Waals surface area contributed by atoms with E-state index < -0.39 is 47.2 Å². The molecule has 6 aliphatic heterocycles. The Bertz CT molecular complexity index is 1730. The van der Waals surface area contributed by atoms with Crippen molar-refractivity contribution in [3.05, 3.63) is 39.4 Å². The number of cyclic esters (lactones) is 1. The van der Waals surface area contributed by atoms with Crippen LogP contribution in [0.2, 0.25) is 0 Å². The van der Waals surface area contributed by atoms with Crippen molar-refractivity contribution in [1.29, 1.82) is 0 Å². The van der Waals surface area contributed by atoms with Crippen LogP contribution in [0, 0.1) is 13.8 Å². The van der Waals surface area contributed by atoms with Crippen molar-refractivity contribution in [2.75, 3.05) is 32.8 Å². The molecule has 3 unspecified atom stereocenters. The second-order valence-corrected chi connectivity index (χ2v) is 13.9. The van der Waals surface area contributed by atoms with E-state index in [0.717, 1.165) is 16.7 Å². The van der Waals surface area contributed by atoms with Gasteiger partial charge in [-0.1, -0.05) is 6.07 Å². The predicted octanol–water partition coefficient (Wildman–Crippen LogP) is 2.35. The minimum Gasteiger partial charge on any atom is -0.504 e. The van der Waals surface area contributed by atoms with Crippen LogP contribution in [0.5, 0.6) is 28.7 Å². The fourth-order valence-electron chi connectivity index (χ4n) is 8.03. The molecule has 0 aliphatic carbocycles. The summed E-state index contributed by atoms with van der Waals surface area (Å²) in [5.74, 6) is -1.05. The smallest absolute Gasteiger partial charge is 0.329 e. The standard InChI is InChI=1S/C33H37N3O11S/c1-13-7-16-8-17-9-34-25(22(16)27(41)28(13)43-4)26-32-24-23(31-30(45-12-46-31)14(2)29(24)47-15(3)37)19(36(17)26)10-44-33(42)18(11-48-32)35-20(38)5-6-21(39)40/h7,17-19,25-26,32,34,41H,5-6,8-12H2,1-4H3,(H,35,38)(H,39,40)/t17?,18-,19-,25+,26?,32+/m0/s1. The summed E-state index contributed by atoms with van der Waals surface area (Å²) in [5.41, 5.74) is 4.51. The van der Waals surface area contributed by atoms with Gasteiger partial charge in [0.25, 0.3) is 0 Å². The maximum atomic E-state index is 13.5. The van der Waals surface area contributed by atoms with E-state index in [0.29, 0.717) is 52.7 Å². The molecule has 8 rings (SSSR count). The highest BCUT2D eigenvalue weighted by Crippen LogP contribution is 2.62. The number of thioether (sulfide) groups is 1. The largest absolute Gasteiger partial charge is 0.504 e. The molecule has 48 heavy (non-hydrogen) atoms. The van der Waals surface area contributed by atoms with Gasteiger partial charge in [0.15, 0.2) is 23.0 Å². The number of ether oxygens (including phenoxy) is 5. The summed E-state index contributed by atoms with van der Waals surface area (Å²) in [6.45, 7) is 5.46. The maximum Gasteiger partial charge on any atom is 0.329 e. The minimum absolute atomic E-state index is 0.0314. The number of phenolic OH excluding ortho intramolecular Hbond substituents is 1. The number of esters is 2. The molecule has 7 atom stereocenters. The van der Waals surface area contributed by atoms with Crippen LogP contribution in [-0.2, 0) is 30.3 Å². The second kappa shape index (κ2) is 12.3. The molecule has 2 aromatic rings. The number of aromatic hydroxyl groups is 1. The number of rotatable bonds is 6. The van der Waals surface area contributed by atoms with Crippen molar-refractivity contribution in [2.45, 2.75) is 75.5 Å². The van der Waals surface area contributed by atoms with Gasteiger partial charge in [0.05, 0.1) is 30.9 Å². The number of carboxylic acids is 1. The van der Waals surface area contributed by atoms with Crippen molar-refractivity contribution < 1.29 is 53.1 Å². The van der Waals surface area contributed by atoms with Gasteiger partial charge in [0, 0.05) is 60.0 Å². The maximum absolute atomic E-state index is 13.5. The molecule has 2 aromatic carbocycles. The third-order valence-electron chi connectivity index (χ3n) is 9.84. The zero-order chi connectivity index (χ0) is 34.0. The van der Waals surface area contributed by atoms with E-state index in [-0.39, 0.29) is 49.8 Å². The van der Waals surface area contributed by atoms with E-state index in [2.05, 4.69) is 15.5 Å². The first-order valence-electron chi connectivity index (χ1n) is 15.8. The molecule has 0 aromatic heterocycles. The molecule has 0 spiro atoms.